The third kappa shape index (κ3) is 2.78. The number of hydrogen-bond donors (Lipinski definition) is 1. The molecular weight excluding hydrogens is 246 g/mol. The normalized spacial score (nSPS) is 14.2. The van der Waals surface area contributed by atoms with Crippen molar-refractivity contribution >= 4 is 0 Å². The average molecular weight is 269 g/mol. The van der Waals surface area contributed by atoms with Crippen molar-refractivity contribution in [3.05, 3.63) is 47.5 Å². The molecule has 106 valence electrons. The van der Waals surface area contributed by atoms with Gasteiger partial charge in [0.15, 0.2) is 0 Å². The first kappa shape index (κ1) is 13.4. The molecule has 0 radical (unpaired) electrons. The van der Waals surface area contributed by atoms with E-state index in [0.29, 0.717) is 0 Å². The van der Waals surface area contributed by atoms with Crippen LogP contribution >= 0.6 is 0 Å². The molecule has 1 aliphatic carbocycles. The van der Waals surface area contributed by atoms with Gasteiger partial charge >= 0.3 is 0 Å². The second-order valence-electron chi connectivity index (χ2n) is 5.56. The molecule has 1 aliphatic rings. The van der Waals surface area contributed by atoms with Crippen molar-refractivity contribution in [2.45, 2.75) is 45.6 Å². The molecule has 2 aromatic rings. The predicted molar refractivity (Wildman–Crippen MR) is 82.2 cm³/mol. The maximum atomic E-state index is 4.59. The zero-order valence-corrected chi connectivity index (χ0v) is 12.2. The largest absolute Gasteiger partial charge is 0.313 e. The van der Waals surface area contributed by atoms with E-state index < -0.39 is 0 Å². The fourth-order valence-corrected chi connectivity index (χ4v) is 2.92. The Morgan fingerprint density at radius 1 is 1.25 bits per heavy atom. The lowest BCUT2D eigenvalue weighted by Gasteiger charge is -2.14. The summed E-state index contributed by atoms with van der Waals surface area (Å²) in [5.74, 6) is 0. The number of nitrogens with zero attached hydrogens (tertiary/aromatic N) is 2. The van der Waals surface area contributed by atoms with Gasteiger partial charge < -0.3 is 9.88 Å². The van der Waals surface area contributed by atoms with Crippen LogP contribution in [0.3, 0.4) is 0 Å². The molecule has 0 bridgehead atoms. The van der Waals surface area contributed by atoms with Crippen LogP contribution in [0.1, 0.15) is 43.1 Å². The van der Waals surface area contributed by atoms with Crippen LogP contribution in [0, 0.1) is 0 Å². The first-order valence-electron chi connectivity index (χ1n) is 7.73. The Morgan fingerprint density at radius 2 is 2.15 bits per heavy atom. The van der Waals surface area contributed by atoms with Crippen LogP contribution in [0.15, 0.2) is 30.6 Å². The molecule has 0 saturated carbocycles. The van der Waals surface area contributed by atoms with Crippen molar-refractivity contribution in [3.8, 4) is 5.69 Å². The molecular formula is C17H23N3. The molecule has 0 unspecified atom stereocenters. The van der Waals surface area contributed by atoms with Gasteiger partial charge in [0.2, 0.25) is 0 Å². The van der Waals surface area contributed by atoms with E-state index in [0.717, 1.165) is 25.9 Å². The van der Waals surface area contributed by atoms with Gasteiger partial charge in [0.05, 0.1) is 12.0 Å². The van der Waals surface area contributed by atoms with Crippen LogP contribution in [0.25, 0.3) is 5.69 Å². The minimum atomic E-state index is 0.943. The molecule has 0 saturated heterocycles. The molecule has 1 aromatic carbocycles. The second-order valence-corrected chi connectivity index (χ2v) is 5.56. The molecule has 0 atom stereocenters. The minimum absolute atomic E-state index is 0.943. The summed E-state index contributed by atoms with van der Waals surface area (Å²) in [6, 6.07) is 8.79. The SMILES string of the molecule is CCCNCc1cccc(-n2cnc3c2CCCC3)c1. The molecule has 3 nitrogen and oxygen atoms in total. The first-order valence-corrected chi connectivity index (χ1v) is 7.73. The lowest BCUT2D eigenvalue weighted by atomic mass is 10.0. The highest BCUT2D eigenvalue weighted by Crippen LogP contribution is 2.23. The minimum Gasteiger partial charge on any atom is -0.313 e. The maximum Gasteiger partial charge on any atom is 0.0997 e. The van der Waals surface area contributed by atoms with Crippen molar-refractivity contribution in [2.24, 2.45) is 0 Å². The van der Waals surface area contributed by atoms with Crippen LogP contribution in [-0.4, -0.2) is 16.1 Å². The highest BCUT2D eigenvalue weighted by Gasteiger charge is 2.15. The van der Waals surface area contributed by atoms with Gasteiger partial charge in [0.1, 0.15) is 0 Å². The number of aromatic nitrogens is 2. The number of benzene rings is 1. The van der Waals surface area contributed by atoms with Crippen molar-refractivity contribution in [3.63, 3.8) is 0 Å². The zero-order valence-electron chi connectivity index (χ0n) is 12.2. The van der Waals surface area contributed by atoms with Crippen LogP contribution < -0.4 is 5.32 Å². The van der Waals surface area contributed by atoms with Gasteiger partial charge in [-0.1, -0.05) is 19.1 Å². The van der Waals surface area contributed by atoms with Gasteiger partial charge in [-0.25, -0.2) is 4.98 Å². The van der Waals surface area contributed by atoms with Crippen LogP contribution in [0.5, 0.6) is 0 Å². The van der Waals surface area contributed by atoms with E-state index in [-0.39, 0.29) is 0 Å². The maximum absolute atomic E-state index is 4.59. The lowest BCUT2D eigenvalue weighted by Crippen LogP contribution is -2.14. The van der Waals surface area contributed by atoms with Crippen molar-refractivity contribution in [1.82, 2.24) is 14.9 Å². The summed E-state index contributed by atoms with van der Waals surface area (Å²) < 4.78 is 2.28. The molecule has 0 amide bonds. The Labute approximate surface area is 121 Å². The van der Waals surface area contributed by atoms with E-state index in [1.807, 2.05) is 6.33 Å². The van der Waals surface area contributed by atoms with E-state index in [1.54, 1.807) is 0 Å². The number of nitrogens with one attached hydrogen (secondary N) is 1. The number of imidazole rings is 1. The van der Waals surface area contributed by atoms with Gasteiger partial charge in [-0.15, -0.1) is 0 Å². The Bertz CT molecular complexity index is 571. The molecule has 1 aromatic heterocycles. The van der Waals surface area contributed by atoms with E-state index in [4.69, 9.17) is 0 Å². The van der Waals surface area contributed by atoms with Crippen LogP contribution in [0.4, 0.5) is 0 Å². The van der Waals surface area contributed by atoms with Crippen molar-refractivity contribution < 1.29 is 0 Å². The molecule has 0 fully saturated rings. The van der Waals surface area contributed by atoms with Gasteiger partial charge in [0.25, 0.3) is 0 Å². The highest BCUT2D eigenvalue weighted by atomic mass is 15.1. The summed E-state index contributed by atoms with van der Waals surface area (Å²) in [5, 5.41) is 3.46. The van der Waals surface area contributed by atoms with E-state index >= 15 is 0 Å². The molecule has 1 N–H and O–H groups in total. The third-order valence-corrected chi connectivity index (χ3v) is 3.97. The Hall–Kier alpha value is -1.61. The fourth-order valence-electron chi connectivity index (χ4n) is 2.92. The molecule has 1 heterocycles. The van der Waals surface area contributed by atoms with Gasteiger partial charge in [-0.05, 0) is 56.3 Å². The summed E-state index contributed by atoms with van der Waals surface area (Å²) in [4.78, 5) is 4.59. The summed E-state index contributed by atoms with van der Waals surface area (Å²) in [6.45, 7) is 4.21. The van der Waals surface area contributed by atoms with Gasteiger partial charge in [-0.2, -0.15) is 0 Å². The fraction of sp³-hybridized carbons (Fsp3) is 0.471. The Balaban J connectivity index is 1.83. The number of rotatable bonds is 5. The van der Waals surface area contributed by atoms with E-state index in [1.165, 1.54) is 41.9 Å². The summed E-state index contributed by atoms with van der Waals surface area (Å²) in [5.41, 5.74) is 5.30. The molecule has 0 spiro atoms. The molecule has 3 heteroatoms. The summed E-state index contributed by atoms with van der Waals surface area (Å²) in [7, 11) is 0. The predicted octanol–water partition coefficient (Wildman–Crippen LogP) is 3.25. The van der Waals surface area contributed by atoms with E-state index in [2.05, 4.69) is 46.1 Å². The number of hydrogen-bond acceptors (Lipinski definition) is 2. The lowest BCUT2D eigenvalue weighted by molar-refractivity contribution is 0.655. The molecule has 20 heavy (non-hydrogen) atoms. The van der Waals surface area contributed by atoms with Crippen LogP contribution in [0.2, 0.25) is 0 Å². The van der Waals surface area contributed by atoms with Gasteiger partial charge in [0, 0.05) is 17.9 Å². The standard InChI is InChI=1S/C17H23N3/c1-2-10-18-12-14-6-5-7-15(11-14)20-13-19-16-8-3-4-9-17(16)20/h5-7,11,13,18H,2-4,8-10,12H2,1H3. The van der Waals surface area contributed by atoms with Gasteiger partial charge in [-0.3, -0.25) is 0 Å². The molecule has 3 rings (SSSR count). The summed E-state index contributed by atoms with van der Waals surface area (Å²) in [6.07, 6.45) is 8.04. The zero-order chi connectivity index (χ0) is 13.8. The number of aryl methyl sites for hydroxylation is 1. The third-order valence-electron chi connectivity index (χ3n) is 3.97. The van der Waals surface area contributed by atoms with Crippen LogP contribution in [-0.2, 0) is 19.4 Å². The topological polar surface area (TPSA) is 29.9 Å². The first-order chi connectivity index (χ1) is 9.88. The quantitative estimate of drug-likeness (QED) is 0.844. The van der Waals surface area contributed by atoms with Crippen molar-refractivity contribution in [1.29, 1.82) is 0 Å². The number of fused-ring (bicyclic) bond motifs is 1. The van der Waals surface area contributed by atoms with E-state index in [9.17, 15) is 0 Å². The monoisotopic (exact) mass is 269 g/mol. The van der Waals surface area contributed by atoms with Crippen molar-refractivity contribution in [2.75, 3.05) is 6.54 Å². The highest BCUT2D eigenvalue weighted by molar-refractivity contribution is 5.39. The Morgan fingerprint density at radius 3 is 3.05 bits per heavy atom. The smallest absolute Gasteiger partial charge is 0.0997 e. The summed E-state index contributed by atoms with van der Waals surface area (Å²) >= 11 is 0. The molecule has 0 aliphatic heterocycles. The second kappa shape index (κ2) is 6.23. The average Bonchev–Trinajstić information content (AvgIpc) is 2.92. The Kier molecular flexibility index (Phi) is 4.16.